The summed E-state index contributed by atoms with van der Waals surface area (Å²) in [4.78, 5) is 4.46. The number of aromatic hydroxyl groups is 1. The molecule has 0 spiro atoms. The third-order valence-electron chi connectivity index (χ3n) is 3.69. The van der Waals surface area contributed by atoms with Crippen molar-refractivity contribution in [2.24, 2.45) is 0 Å². The highest BCUT2D eigenvalue weighted by molar-refractivity contribution is 5.64. The number of nitrogens with two attached hydrogens (primary N) is 1. The van der Waals surface area contributed by atoms with Crippen LogP contribution in [0, 0.1) is 0 Å². The van der Waals surface area contributed by atoms with Gasteiger partial charge in [-0.15, -0.1) is 0 Å². The van der Waals surface area contributed by atoms with Crippen LogP contribution in [0.5, 0.6) is 5.75 Å². The predicted molar refractivity (Wildman–Crippen MR) is 71.6 cm³/mol. The minimum Gasteiger partial charge on any atom is -0.506 e. The fraction of sp³-hybridized carbons (Fsp3) is 0.429. The van der Waals surface area contributed by atoms with Crippen molar-refractivity contribution in [2.75, 3.05) is 5.73 Å². The molecule has 1 heterocycles. The molecule has 1 aromatic heterocycles. The summed E-state index contributed by atoms with van der Waals surface area (Å²) in [6, 6.07) is 4.91. The number of phenolic OH excluding ortho intramolecular Hbond substituents is 1. The van der Waals surface area contributed by atoms with E-state index in [-0.39, 0.29) is 5.75 Å². The number of hydrogen-bond donors (Lipinski definition) is 2. The number of nitrogen functional groups attached to an aromatic ring is 1. The zero-order valence-electron chi connectivity index (χ0n) is 10.7. The summed E-state index contributed by atoms with van der Waals surface area (Å²) in [6.45, 7) is 0. The summed E-state index contributed by atoms with van der Waals surface area (Å²) in [5.74, 6) is 1.74. The zero-order valence-corrected chi connectivity index (χ0v) is 10.7. The van der Waals surface area contributed by atoms with Crippen molar-refractivity contribution < 1.29 is 9.63 Å². The third kappa shape index (κ3) is 2.41. The molecular formula is C14H17N3O2. The highest BCUT2D eigenvalue weighted by atomic mass is 16.5. The first-order valence-electron chi connectivity index (χ1n) is 6.66. The molecule has 0 radical (unpaired) electrons. The Morgan fingerprint density at radius 3 is 2.74 bits per heavy atom. The van der Waals surface area contributed by atoms with Gasteiger partial charge in [0.1, 0.15) is 5.75 Å². The number of hydrogen-bond acceptors (Lipinski definition) is 5. The maximum Gasteiger partial charge on any atom is 0.258 e. The number of rotatable bonds is 2. The molecular weight excluding hydrogens is 242 g/mol. The van der Waals surface area contributed by atoms with Gasteiger partial charge in [0.2, 0.25) is 0 Å². The van der Waals surface area contributed by atoms with Crippen molar-refractivity contribution in [3.8, 4) is 17.2 Å². The van der Waals surface area contributed by atoms with Gasteiger partial charge in [-0.3, -0.25) is 0 Å². The van der Waals surface area contributed by atoms with Crippen molar-refractivity contribution >= 4 is 5.69 Å². The van der Waals surface area contributed by atoms with Gasteiger partial charge in [0.05, 0.1) is 5.69 Å². The van der Waals surface area contributed by atoms with E-state index in [1.54, 1.807) is 12.1 Å². The lowest BCUT2D eigenvalue weighted by Gasteiger charge is -2.17. The van der Waals surface area contributed by atoms with Gasteiger partial charge in [-0.25, -0.2) is 0 Å². The number of nitrogens with zero attached hydrogens (tertiary/aromatic N) is 2. The standard InChI is InChI=1S/C14H17N3O2/c15-11-8-10(6-7-12(11)18)14-16-13(17-19-14)9-4-2-1-3-5-9/h6-9,18H,1-5,15H2. The molecule has 1 aromatic carbocycles. The van der Waals surface area contributed by atoms with Gasteiger partial charge >= 0.3 is 0 Å². The quantitative estimate of drug-likeness (QED) is 0.639. The molecule has 0 saturated heterocycles. The highest BCUT2D eigenvalue weighted by Gasteiger charge is 2.21. The van der Waals surface area contributed by atoms with E-state index in [2.05, 4.69) is 10.1 Å². The average molecular weight is 259 g/mol. The fourth-order valence-electron chi connectivity index (χ4n) is 2.57. The molecule has 3 N–H and O–H groups in total. The van der Waals surface area contributed by atoms with Crippen LogP contribution in [0.25, 0.3) is 11.5 Å². The molecule has 1 aliphatic rings. The average Bonchev–Trinajstić information content (AvgIpc) is 2.93. The molecule has 2 aromatic rings. The SMILES string of the molecule is Nc1cc(-c2nc(C3CCCCC3)no2)ccc1O. The molecule has 1 saturated carbocycles. The Balaban J connectivity index is 1.85. The minimum atomic E-state index is 0.0655. The maximum atomic E-state index is 9.41. The van der Waals surface area contributed by atoms with E-state index >= 15 is 0 Å². The first-order chi connectivity index (χ1) is 9.24. The van der Waals surface area contributed by atoms with E-state index in [0.717, 1.165) is 24.2 Å². The summed E-state index contributed by atoms with van der Waals surface area (Å²) in [5, 5.41) is 13.5. The van der Waals surface area contributed by atoms with E-state index < -0.39 is 0 Å². The van der Waals surface area contributed by atoms with Gasteiger partial charge in [0, 0.05) is 11.5 Å². The van der Waals surface area contributed by atoms with Crippen LogP contribution in [-0.4, -0.2) is 15.2 Å². The van der Waals surface area contributed by atoms with E-state index in [1.165, 1.54) is 25.3 Å². The summed E-state index contributed by atoms with van der Waals surface area (Å²) < 4.78 is 5.30. The highest BCUT2D eigenvalue weighted by Crippen LogP contribution is 2.33. The molecule has 1 aliphatic carbocycles. The summed E-state index contributed by atoms with van der Waals surface area (Å²) >= 11 is 0. The van der Waals surface area contributed by atoms with Crippen molar-refractivity contribution in [3.63, 3.8) is 0 Å². The van der Waals surface area contributed by atoms with E-state index in [4.69, 9.17) is 10.3 Å². The van der Waals surface area contributed by atoms with Crippen molar-refractivity contribution in [1.82, 2.24) is 10.1 Å². The van der Waals surface area contributed by atoms with Crippen molar-refractivity contribution in [2.45, 2.75) is 38.0 Å². The van der Waals surface area contributed by atoms with Crippen molar-refractivity contribution in [3.05, 3.63) is 24.0 Å². The van der Waals surface area contributed by atoms with E-state index in [1.807, 2.05) is 0 Å². The molecule has 0 bridgehead atoms. The number of aromatic nitrogens is 2. The monoisotopic (exact) mass is 259 g/mol. The second-order valence-electron chi connectivity index (χ2n) is 5.07. The second-order valence-corrected chi connectivity index (χ2v) is 5.07. The van der Waals surface area contributed by atoms with Crippen LogP contribution in [0.15, 0.2) is 22.7 Å². The topological polar surface area (TPSA) is 85.2 Å². The zero-order chi connectivity index (χ0) is 13.2. The lowest BCUT2D eigenvalue weighted by atomic mass is 9.89. The van der Waals surface area contributed by atoms with Crippen LogP contribution in [0.4, 0.5) is 5.69 Å². The molecule has 1 fully saturated rings. The van der Waals surface area contributed by atoms with Gasteiger partial charge in [0.25, 0.3) is 5.89 Å². The first-order valence-corrected chi connectivity index (χ1v) is 6.66. The molecule has 5 nitrogen and oxygen atoms in total. The molecule has 0 amide bonds. The van der Waals surface area contributed by atoms with Gasteiger partial charge in [0.15, 0.2) is 5.82 Å². The molecule has 19 heavy (non-hydrogen) atoms. The third-order valence-corrected chi connectivity index (χ3v) is 3.69. The van der Waals surface area contributed by atoms with Crippen molar-refractivity contribution in [1.29, 1.82) is 0 Å². The minimum absolute atomic E-state index is 0.0655. The van der Waals surface area contributed by atoms with E-state index in [9.17, 15) is 5.11 Å². The normalized spacial score (nSPS) is 16.6. The Hall–Kier alpha value is -2.04. The summed E-state index contributed by atoms with van der Waals surface area (Å²) in [5.41, 5.74) is 6.72. The van der Waals surface area contributed by atoms with Crippen LogP contribution in [-0.2, 0) is 0 Å². The Bertz CT molecular complexity index is 574. The van der Waals surface area contributed by atoms with Crippen LogP contribution in [0.3, 0.4) is 0 Å². The smallest absolute Gasteiger partial charge is 0.258 e. The molecule has 3 rings (SSSR count). The van der Waals surface area contributed by atoms with Gasteiger partial charge in [-0.1, -0.05) is 24.4 Å². The van der Waals surface area contributed by atoms with E-state index in [0.29, 0.717) is 17.5 Å². The lowest BCUT2D eigenvalue weighted by molar-refractivity contribution is 0.385. The predicted octanol–water partition coefficient (Wildman–Crippen LogP) is 3.07. The molecule has 0 aliphatic heterocycles. The number of benzene rings is 1. The first kappa shape index (κ1) is 12.0. The van der Waals surface area contributed by atoms with Crippen LogP contribution < -0.4 is 5.73 Å². The fourth-order valence-corrected chi connectivity index (χ4v) is 2.57. The molecule has 5 heteroatoms. The summed E-state index contributed by atoms with van der Waals surface area (Å²) in [6.07, 6.45) is 6.05. The number of anilines is 1. The molecule has 0 unspecified atom stereocenters. The van der Waals surface area contributed by atoms with Gasteiger partial charge in [-0.05, 0) is 31.0 Å². The summed E-state index contributed by atoms with van der Waals surface area (Å²) in [7, 11) is 0. The maximum absolute atomic E-state index is 9.41. The molecule has 100 valence electrons. The lowest BCUT2D eigenvalue weighted by Crippen LogP contribution is -2.06. The van der Waals surface area contributed by atoms with Crippen LogP contribution in [0.2, 0.25) is 0 Å². The van der Waals surface area contributed by atoms with Gasteiger partial charge < -0.3 is 15.4 Å². The Morgan fingerprint density at radius 1 is 1.21 bits per heavy atom. The number of phenols is 1. The van der Waals surface area contributed by atoms with Crippen LogP contribution >= 0.6 is 0 Å². The Kier molecular flexibility index (Phi) is 3.11. The molecule has 0 atom stereocenters. The Labute approximate surface area is 111 Å². The van der Waals surface area contributed by atoms with Gasteiger partial charge in [-0.2, -0.15) is 4.98 Å². The second kappa shape index (κ2) is 4.91. The Morgan fingerprint density at radius 2 is 2.00 bits per heavy atom. The van der Waals surface area contributed by atoms with Crippen LogP contribution in [0.1, 0.15) is 43.8 Å². The largest absolute Gasteiger partial charge is 0.506 e.